The minimum atomic E-state index is -0.148. The Bertz CT molecular complexity index is 3280. The zero-order valence-electron chi connectivity index (χ0n) is 31.0. The molecule has 0 N–H and O–H groups in total. The van der Waals surface area contributed by atoms with E-state index in [1.807, 2.05) is 0 Å². The average molecular weight is 718 g/mol. The summed E-state index contributed by atoms with van der Waals surface area (Å²) < 4.78 is 8.61. The molecule has 264 valence electrons. The second-order valence-corrected chi connectivity index (χ2v) is 15.6. The Kier molecular flexibility index (Phi) is 6.37. The van der Waals surface area contributed by atoms with Crippen LogP contribution < -0.4 is 4.90 Å². The predicted octanol–water partition coefficient (Wildman–Crippen LogP) is 14.1. The number of oxazole rings is 1. The lowest BCUT2D eigenvalue weighted by molar-refractivity contribution is 0.605. The molecule has 12 rings (SSSR count). The Labute approximate surface area is 323 Å². The SMILES string of the molecule is CC1(C)c2ccccc2-c2ccc(N(c3cc(-c4ccccc4)cc(-c4ccccc4)c3)c3ccc4c(c3)c3c5ocnc5cc5c6ccccc6n4c53)cc21. The molecule has 0 saturated carbocycles. The van der Waals surface area contributed by atoms with Crippen molar-refractivity contribution in [2.45, 2.75) is 19.3 Å². The van der Waals surface area contributed by atoms with Gasteiger partial charge in [-0.05, 0) is 105 Å². The highest BCUT2D eigenvalue weighted by molar-refractivity contribution is 6.30. The van der Waals surface area contributed by atoms with Crippen LogP contribution in [0.3, 0.4) is 0 Å². The van der Waals surface area contributed by atoms with Crippen molar-refractivity contribution >= 4 is 66.3 Å². The smallest absolute Gasteiger partial charge is 0.182 e. The summed E-state index contributed by atoms with van der Waals surface area (Å²) in [6, 6.07) is 62.1. The molecule has 4 heteroatoms. The van der Waals surface area contributed by atoms with Gasteiger partial charge in [0.15, 0.2) is 12.0 Å². The number of hydrogen-bond donors (Lipinski definition) is 0. The fourth-order valence-corrected chi connectivity index (χ4v) is 9.62. The third kappa shape index (κ3) is 4.32. The van der Waals surface area contributed by atoms with Gasteiger partial charge >= 0.3 is 0 Å². The molecule has 1 aliphatic rings. The van der Waals surface area contributed by atoms with E-state index < -0.39 is 0 Å². The van der Waals surface area contributed by atoms with Crippen LogP contribution in [0.15, 0.2) is 181 Å². The first-order valence-corrected chi connectivity index (χ1v) is 19.3. The second-order valence-electron chi connectivity index (χ2n) is 15.6. The molecule has 0 atom stereocenters. The fraction of sp³-hybridized carbons (Fsp3) is 0.0577. The number of aromatic nitrogens is 2. The third-order valence-electron chi connectivity index (χ3n) is 12.2. The molecule has 0 aliphatic heterocycles. The largest absolute Gasteiger partial charge is 0.443 e. The molecular weight excluding hydrogens is 683 g/mol. The van der Waals surface area contributed by atoms with E-state index >= 15 is 0 Å². The van der Waals surface area contributed by atoms with E-state index in [1.54, 1.807) is 6.39 Å². The van der Waals surface area contributed by atoms with E-state index in [0.29, 0.717) is 0 Å². The first-order chi connectivity index (χ1) is 27.5. The van der Waals surface area contributed by atoms with Crippen molar-refractivity contribution in [2.24, 2.45) is 0 Å². The lowest BCUT2D eigenvalue weighted by atomic mass is 9.82. The number of nitrogens with zero attached hydrogens (tertiary/aromatic N) is 3. The van der Waals surface area contributed by atoms with E-state index in [1.165, 1.54) is 55.2 Å². The molecule has 0 amide bonds. The van der Waals surface area contributed by atoms with E-state index in [2.05, 4.69) is 198 Å². The molecule has 4 nitrogen and oxygen atoms in total. The van der Waals surface area contributed by atoms with Crippen LogP contribution in [0.5, 0.6) is 0 Å². The van der Waals surface area contributed by atoms with E-state index in [4.69, 9.17) is 4.42 Å². The molecule has 0 saturated heterocycles. The topological polar surface area (TPSA) is 33.7 Å². The van der Waals surface area contributed by atoms with Crippen molar-refractivity contribution in [1.82, 2.24) is 9.38 Å². The van der Waals surface area contributed by atoms with E-state index in [-0.39, 0.29) is 5.41 Å². The van der Waals surface area contributed by atoms with Gasteiger partial charge in [-0.15, -0.1) is 0 Å². The predicted molar refractivity (Wildman–Crippen MR) is 232 cm³/mol. The van der Waals surface area contributed by atoms with Gasteiger partial charge < -0.3 is 13.7 Å². The zero-order valence-corrected chi connectivity index (χ0v) is 31.0. The highest BCUT2D eigenvalue weighted by Crippen LogP contribution is 2.52. The Morgan fingerprint density at radius 2 is 1.14 bits per heavy atom. The van der Waals surface area contributed by atoms with Gasteiger partial charge in [0, 0.05) is 38.6 Å². The summed E-state index contributed by atoms with van der Waals surface area (Å²) in [6.07, 6.45) is 1.57. The summed E-state index contributed by atoms with van der Waals surface area (Å²) in [5.41, 5.74) is 18.3. The van der Waals surface area contributed by atoms with Crippen molar-refractivity contribution in [1.29, 1.82) is 0 Å². The van der Waals surface area contributed by atoms with Crippen LogP contribution in [0, 0.1) is 0 Å². The number of anilines is 3. The normalized spacial score (nSPS) is 13.3. The van der Waals surface area contributed by atoms with Gasteiger partial charge in [-0.3, -0.25) is 0 Å². The molecule has 0 bridgehead atoms. The van der Waals surface area contributed by atoms with Gasteiger partial charge in [-0.1, -0.05) is 123 Å². The first-order valence-electron chi connectivity index (χ1n) is 19.3. The highest BCUT2D eigenvalue weighted by atomic mass is 16.3. The molecular formula is C52H35N3O. The minimum Gasteiger partial charge on any atom is -0.443 e. The number of para-hydroxylation sites is 1. The molecule has 1 aliphatic carbocycles. The number of rotatable bonds is 5. The van der Waals surface area contributed by atoms with Crippen molar-refractivity contribution in [2.75, 3.05) is 4.90 Å². The third-order valence-corrected chi connectivity index (χ3v) is 12.2. The molecule has 0 unspecified atom stereocenters. The van der Waals surface area contributed by atoms with Crippen LogP contribution in [0.1, 0.15) is 25.0 Å². The van der Waals surface area contributed by atoms with Gasteiger partial charge in [0.1, 0.15) is 5.52 Å². The minimum absolute atomic E-state index is 0.148. The Morgan fingerprint density at radius 3 is 1.93 bits per heavy atom. The molecule has 0 spiro atoms. The maximum atomic E-state index is 6.20. The van der Waals surface area contributed by atoms with Gasteiger partial charge in [-0.2, -0.15) is 0 Å². The van der Waals surface area contributed by atoms with Gasteiger partial charge in [0.25, 0.3) is 0 Å². The Balaban J connectivity index is 1.16. The standard InChI is InChI=1S/C52H35N3O/c1-52(2)44-19-11-9-17-39(44)40-23-21-37(29-45(40)52)54(38-26-34(32-13-5-3-6-14-32)25-35(27-38)33-15-7-4-8-16-33)36-22-24-48-43(28-36)49-50-42(30-46-51(49)56-31-53-46)41-18-10-12-20-47(41)55(48)50/h3-31H,1-2H3. The quantitative estimate of drug-likeness (QED) is 0.178. The Hall–Kier alpha value is -7.17. The van der Waals surface area contributed by atoms with Gasteiger partial charge in [0.2, 0.25) is 0 Å². The molecule has 0 radical (unpaired) electrons. The van der Waals surface area contributed by atoms with Crippen molar-refractivity contribution in [3.05, 3.63) is 187 Å². The van der Waals surface area contributed by atoms with Crippen LogP contribution in [-0.2, 0) is 5.41 Å². The first kappa shape index (κ1) is 31.2. The summed E-state index contributed by atoms with van der Waals surface area (Å²) in [6.45, 7) is 4.71. The fourth-order valence-electron chi connectivity index (χ4n) is 9.62. The molecule has 0 fully saturated rings. The molecule has 3 aromatic heterocycles. The maximum absolute atomic E-state index is 6.20. The van der Waals surface area contributed by atoms with Gasteiger partial charge in [0.05, 0.1) is 21.9 Å². The summed E-state index contributed by atoms with van der Waals surface area (Å²) >= 11 is 0. The summed E-state index contributed by atoms with van der Waals surface area (Å²) in [4.78, 5) is 7.11. The van der Waals surface area contributed by atoms with Crippen LogP contribution in [0.4, 0.5) is 17.1 Å². The summed E-state index contributed by atoms with van der Waals surface area (Å²) in [5, 5.41) is 4.64. The van der Waals surface area contributed by atoms with E-state index in [0.717, 1.165) is 55.6 Å². The van der Waals surface area contributed by atoms with Crippen LogP contribution >= 0.6 is 0 Å². The number of fused-ring (bicyclic) bond motifs is 11. The van der Waals surface area contributed by atoms with Crippen molar-refractivity contribution < 1.29 is 4.42 Å². The van der Waals surface area contributed by atoms with Crippen LogP contribution in [0.25, 0.3) is 82.6 Å². The second kappa shape index (κ2) is 11.4. The number of hydrogen-bond acceptors (Lipinski definition) is 3. The number of benzene rings is 8. The van der Waals surface area contributed by atoms with Crippen LogP contribution in [-0.4, -0.2) is 9.38 Å². The van der Waals surface area contributed by atoms with Crippen molar-refractivity contribution in [3.63, 3.8) is 0 Å². The average Bonchev–Trinajstić information content (AvgIpc) is 4.00. The van der Waals surface area contributed by atoms with Gasteiger partial charge in [-0.25, -0.2) is 4.98 Å². The molecule has 56 heavy (non-hydrogen) atoms. The Morgan fingerprint density at radius 1 is 0.500 bits per heavy atom. The summed E-state index contributed by atoms with van der Waals surface area (Å²) in [7, 11) is 0. The lowest BCUT2D eigenvalue weighted by Crippen LogP contribution is -2.16. The highest BCUT2D eigenvalue weighted by Gasteiger charge is 2.36. The molecule has 8 aromatic carbocycles. The monoisotopic (exact) mass is 717 g/mol. The zero-order chi connectivity index (χ0) is 37.1. The molecule has 3 heterocycles. The summed E-state index contributed by atoms with van der Waals surface area (Å²) in [5.74, 6) is 0. The maximum Gasteiger partial charge on any atom is 0.182 e. The van der Waals surface area contributed by atoms with Crippen molar-refractivity contribution in [3.8, 4) is 33.4 Å². The lowest BCUT2D eigenvalue weighted by Gasteiger charge is -2.29. The van der Waals surface area contributed by atoms with E-state index in [9.17, 15) is 0 Å². The van der Waals surface area contributed by atoms with Crippen LogP contribution in [0.2, 0.25) is 0 Å². The molecule has 11 aromatic rings.